The average Bonchev–Trinajstić information content (AvgIpc) is 2.60. The fourth-order valence-electron chi connectivity index (χ4n) is 1.93. The van der Waals surface area contributed by atoms with Gasteiger partial charge in [0.05, 0.1) is 0 Å². The maximum Gasteiger partial charge on any atom is 0.181 e. The lowest BCUT2D eigenvalue weighted by atomic mass is 10.1. The molecule has 0 saturated carbocycles. The minimum absolute atomic E-state index is 0.169. The summed E-state index contributed by atoms with van der Waals surface area (Å²) >= 11 is 0. The van der Waals surface area contributed by atoms with Gasteiger partial charge in [0.2, 0.25) is 0 Å². The lowest BCUT2D eigenvalue weighted by Crippen LogP contribution is -2.09. The van der Waals surface area contributed by atoms with Crippen LogP contribution in [0.4, 0.5) is 0 Å². The monoisotopic (exact) mass is 202 g/mol. The van der Waals surface area contributed by atoms with Gasteiger partial charge in [0.25, 0.3) is 0 Å². The molecule has 2 N–H and O–H groups in total. The summed E-state index contributed by atoms with van der Waals surface area (Å²) in [5.74, 6) is 0.761. The van der Waals surface area contributed by atoms with Crippen LogP contribution in [0.25, 0.3) is 0 Å². The molecule has 0 aromatic heterocycles. The molecule has 1 aromatic rings. The van der Waals surface area contributed by atoms with Crippen molar-refractivity contribution >= 4 is 0 Å². The van der Waals surface area contributed by atoms with E-state index in [2.05, 4.69) is 0 Å². The van der Waals surface area contributed by atoms with Gasteiger partial charge in [-0.05, 0) is 43.0 Å². The summed E-state index contributed by atoms with van der Waals surface area (Å²) in [6.07, 6.45) is 1.61. The number of nitrogens with zero attached hydrogens (tertiary/aromatic N) is 1. The van der Waals surface area contributed by atoms with Gasteiger partial charge in [0.15, 0.2) is 6.10 Å². The molecule has 0 amide bonds. The zero-order chi connectivity index (χ0) is 10.8. The second kappa shape index (κ2) is 3.92. The van der Waals surface area contributed by atoms with E-state index in [1.807, 2.05) is 24.3 Å². The molecule has 0 bridgehead atoms. The molecule has 1 aromatic carbocycles. The fourth-order valence-corrected chi connectivity index (χ4v) is 1.93. The Balaban J connectivity index is 2.20. The highest BCUT2D eigenvalue weighted by Crippen LogP contribution is 2.31. The van der Waals surface area contributed by atoms with Crippen LogP contribution in [-0.2, 0) is 6.42 Å². The molecule has 0 fully saturated rings. The molecule has 3 heteroatoms. The quantitative estimate of drug-likeness (QED) is 0.797. The number of benzene rings is 1. The van der Waals surface area contributed by atoms with Crippen molar-refractivity contribution in [2.45, 2.75) is 31.9 Å². The van der Waals surface area contributed by atoms with Crippen LogP contribution in [0.15, 0.2) is 18.2 Å². The normalized spacial score (nSPS) is 20.5. The molecule has 1 aliphatic rings. The summed E-state index contributed by atoms with van der Waals surface area (Å²) in [6.45, 7) is 1.74. The van der Waals surface area contributed by atoms with Crippen LogP contribution in [0.3, 0.4) is 0 Å². The highest BCUT2D eigenvalue weighted by molar-refractivity contribution is 5.40. The van der Waals surface area contributed by atoms with Crippen LogP contribution >= 0.6 is 0 Å². The molecule has 0 saturated heterocycles. The first-order valence-electron chi connectivity index (χ1n) is 5.15. The molecule has 15 heavy (non-hydrogen) atoms. The maximum absolute atomic E-state index is 8.64. The molecule has 2 rings (SSSR count). The minimum atomic E-state index is -0.405. The molecular formula is C12H14N2O. The molecule has 1 aliphatic carbocycles. The third kappa shape index (κ3) is 1.95. The van der Waals surface area contributed by atoms with Gasteiger partial charge in [0, 0.05) is 6.04 Å². The number of hydrogen-bond acceptors (Lipinski definition) is 3. The average molecular weight is 202 g/mol. The van der Waals surface area contributed by atoms with E-state index in [0.29, 0.717) is 0 Å². The number of fused-ring (bicyclic) bond motifs is 1. The fraction of sp³-hybridized carbons (Fsp3) is 0.417. The van der Waals surface area contributed by atoms with Crippen molar-refractivity contribution in [3.8, 4) is 11.8 Å². The molecule has 78 valence electrons. The van der Waals surface area contributed by atoms with Crippen molar-refractivity contribution in [3.63, 3.8) is 0 Å². The smallest absolute Gasteiger partial charge is 0.181 e. The Hall–Kier alpha value is -1.53. The maximum atomic E-state index is 8.64. The third-order valence-electron chi connectivity index (χ3n) is 2.73. The first-order chi connectivity index (χ1) is 7.20. The van der Waals surface area contributed by atoms with E-state index in [0.717, 1.165) is 18.6 Å². The van der Waals surface area contributed by atoms with E-state index in [9.17, 15) is 0 Å². The summed E-state index contributed by atoms with van der Waals surface area (Å²) in [7, 11) is 0. The summed E-state index contributed by atoms with van der Waals surface area (Å²) in [5, 5.41) is 8.64. The van der Waals surface area contributed by atoms with Crippen molar-refractivity contribution in [1.29, 1.82) is 5.26 Å². The van der Waals surface area contributed by atoms with Crippen LogP contribution in [-0.4, -0.2) is 6.10 Å². The van der Waals surface area contributed by atoms with Crippen LogP contribution in [0.5, 0.6) is 5.75 Å². The summed E-state index contributed by atoms with van der Waals surface area (Å²) in [6, 6.07) is 8.10. The Labute approximate surface area is 89.5 Å². The predicted molar refractivity (Wildman–Crippen MR) is 57.4 cm³/mol. The Bertz CT molecular complexity index is 409. The lowest BCUT2D eigenvalue weighted by molar-refractivity contribution is 0.276. The lowest BCUT2D eigenvalue weighted by Gasteiger charge is -2.10. The van der Waals surface area contributed by atoms with Gasteiger partial charge < -0.3 is 10.5 Å². The van der Waals surface area contributed by atoms with Gasteiger partial charge >= 0.3 is 0 Å². The molecule has 1 unspecified atom stereocenters. The molecule has 0 heterocycles. The van der Waals surface area contributed by atoms with E-state index in [1.54, 1.807) is 6.92 Å². The zero-order valence-corrected chi connectivity index (χ0v) is 8.73. The number of aryl methyl sites for hydroxylation is 1. The van der Waals surface area contributed by atoms with E-state index in [1.165, 1.54) is 11.1 Å². The zero-order valence-electron chi connectivity index (χ0n) is 8.73. The number of nitrogens with two attached hydrogens (primary N) is 1. The number of nitriles is 1. The molecular weight excluding hydrogens is 188 g/mol. The number of hydrogen-bond donors (Lipinski definition) is 1. The topological polar surface area (TPSA) is 59.0 Å². The van der Waals surface area contributed by atoms with E-state index >= 15 is 0 Å². The Morgan fingerprint density at radius 3 is 3.13 bits per heavy atom. The van der Waals surface area contributed by atoms with E-state index in [-0.39, 0.29) is 6.04 Å². The van der Waals surface area contributed by atoms with Crippen molar-refractivity contribution in [3.05, 3.63) is 29.3 Å². The van der Waals surface area contributed by atoms with Crippen LogP contribution in [0.1, 0.15) is 30.5 Å². The summed E-state index contributed by atoms with van der Waals surface area (Å²) in [4.78, 5) is 0. The molecule has 0 radical (unpaired) electrons. The van der Waals surface area contributed by atoms with Gasteiger partial charge in [-0.2, -0.15) is 5.26 Å². The molecule has 2 atom stereocenters. The van der Waals surface area contributed by atoms with Crippen molar-refractivity contribution in [1.82, 2.24) is 0 Å². The van der Waals surface area contributed by atoms with Crippen molar-refractivity contribution in [2.24, 2.45) is 5.73 Å². The summed E-state index contributed by atoms with van der Waals surface area (Å²) in [5.41, 5.74) is 8.40. The first kappa shape index (κ1) is 10.0. The minimum Gasteiger partial charge on any atom is -0.476 e. The molecule has 0 aliphatic heterocycles. The van der Waals surface area contributed by atoms with Crippen molar-refractivity contribution < 1.29 is 4.74 Å². The first-order valence-corrected chi connectivity index (χ1v) is 5.15. The molecule has 3 nitrogen and oxygen atoms in total. The Morgan fingerprint density at radius 1 is 1.60 bits per heavy atom. The van der Waals surface area contributed by atoms with E-state index < -0.39 is 6.10 Å². The largest absolute Gasteiger partial charge is 0.476 e. The summed E-state index contributed by atoms with van der Waals surface area (Å²) < 4.78 is 5.42. The van der Waals surface area contributed by atoms with Crippen LogP contribution in [0.2, 0.25) is 0 Å². The van der Waals surface area contributed by atoms with Gasteiger partial charge in [-0.3, -0.25) is 0 Å². The predicted octanol–water partition coefficient (Wildman–Crippen LogP) is 1.92. The van der Waals surface area contributed by atoms with Crippen LogP contribution < -0.4 is 10.5 Å². The van der Waals surface area contributed by atoms with Crippen molar-refractivity contribution in [2.75, 3.05) is 0 Å². The van der Waals surface area contributed by atoms with Gasteiger partial charge in [-0.1, -0.05) is 6.07 Å². The standard InChI is InChI=1S/C12H14N2O/c1-8(7-13)15-10-3-4-11-9(6-10)2-5-12(11)14/h3-4,6,8,12H,2,5,14H2,1H3/t8?,12-/m1/s1. The van der Waals surface area contributed by atoms with E-state index in [4.69, 9.17) is 15.7 Å². The molecule has 0 spiro atoms. The number of rotatable bonds is 2. The number of ether oxygens (including phenoxy) is 1. The highest BCUT2D eigenvalue weighted by atomic mass is 16.5. The van der Waals surface area contributed by atoms with Gasteiger partial charge in [0.1, 0.15) is 11.8 Å². The van der Waals surface area contributed by atoms with Gasteiger partial charge in [-0.15, -0.1) is 0 Å². The Morgan fingerprint density at radius 2 is 2.40 bits per heavy atom. The van der Waals surface area contributed by atoms with Gasteiger partial charge in [-0.25, -0.2) is 0 Å². The second-order valence-corrected chi connectivity index (χ2v) is 3.89. The second-order valence-electron chi connectivity index (χ2n) is 3.89. The Kier molecular flexibility index (Phi) is 2.61. The highest BCUT2D eigenvalue weighted by Gasteiger charge is 2.19. The third-order valence-corrected chi connectivity index (χ3v) is 2.73. The van der Waals surface area contributed by atoms with Crippen LogP contribution in [0, 0.1) is 11.3 Å². The SMILES string of the molecule is CC(C#N)Oc1ccc2c(c1)CC[C@H]2N.